The van der Waals surface area contributed by atoms with E-state index < -0.39 is 0 Å². The van der Waals surface area contributed by atoms with Crippen LogP contribution in [0.15, 0.2) is 84.9 Å². The Bertz CT molecular complexity index is 785. The summed E-state index contributed by atoms with van der Waals surface area (Å²) in [5.41, 5.74) is 2.82. The predicted molar refractivity (Wildman–Crippen MR) is 96.1 cm³/mol. The van der Waals surface area contributed by atoms with E-state index in [9.17, 15) is 4.79 Å². The lowest BCUT2D eigenvalue weighted by atomic mass is 10.1. The van der Waals surface area contributed by atoms with Crippen LogP contribution in [0.5, 0.6) is 5.75 Å². The topological polar surface area (TPSA) is 38.3 Å². The minimum absolute atomic E-state index is 0.0875. The van der Waals surface area contributed by atoms with Crippen molar-refractivity contribution in [3.63, 3.8) is 0 Å². The molecular weight excluding hydrogens is 298 g/mol. The smallest absolute Gasteiger partial charge is 0.251 e. The van der Waals surface area contributed by atoms with E-state index >= 15 is 0 Å². The second-order valence-corrected chi connectivity index (χ2v) is 5.33. The quantitative estimate of drug-likeness (QED) is 0.693. The van der Waals surface area contributed by atoms with Crippen molar-refractivity contribution in [3.8, 4) is 16.9 Å². The summed E-state index contributed by atoms with van der Waals surface area (Å²) in [5, 5.41) is 2.86. The standard InChI is InChI=1S/C21H19NO2/c23-21(18-11-5-2-6-12-18)22-15-16-24-20-14-8-7-13-19(20)17-9-3-1-4-10-17/h1-14H,15-16H2,(H,22,23). The molecule has 3 aromatic carbocycles. The molecule has 24 heavy (non-hydrogen) atoms. The molecule has 0 heterocycles. The normalized spacial score (nSPS) is 10.2. The highest BCUT2D eigenvalue weighted by Gasteiger charge is 2.06. The average Bonchev–Trinajstić information content (AvgIpc) is 2.67. The van der Waals surface area contributed by atoms with E-state index in [0.29, 0.717) is 18.7 Å². The summed E-state index contributed by atoms with van der Waals surface area (Å²) in [6.45, 7) is 0.874. The van der Waals surface area contributed by atoms with Gasteiger partial charge in [-0.1, -0.05) is 66.7 Å². The highest BCUT2D eigenvalue weighted by molar-refractivity contribution is 5.94. The van der Waals surface area contributed by atoms with Crippen molar-refractivity contribution in [1.29, 1.82) is 0 Å². The molecule has 0 unspecified atom stereocenters. The Hall–Kier alpha value is -3.07. The Morgan fingerprint density at radius 1 is 0.792 bits per heavy atom. The molecule has 120 valence electrons. The lowest BCUT2D eigenvalue weighted by Gasteiger charge is -2.12. The first kappa shape index (κ1) is 15.8. The molecule has 3 nitrogen and oxygen atoms in total. The van der Waals surface area contributed by atoms with Crippen LogP contribution in [0.4, 0.5) is 0 Å². The molecule has 0 aromatic heterocycles. The first-order valence-corrected chi connectivity index (χ1v) is 7.95. The molecule has 3 rings (SSSR count). The summed E-state index contributed by atoms with van der Waals surface area (Å²) < 4.78 is 5.86. The zero-order chi connectivity index (χ0) is 16.6. The number of hydrogen-bond donors (Lipinski definition) is 1. The first-order valence-electron chi connectivity index (χ1n) is 7.95. The van der Waals surface area contributed by atoms with E-state index in [2.05, 4.69) is 17.4 Å². The zero-order valence-corrected chi connectivity index (χ0v) is 13.3. The van der Waals surface area contributed by atoms with E-state index in [4.69, 9.17) is 4.74 Å². The lowest BCUT2D eigenvalue weighted by molar-refractivity contribution is 0.0947. The van der Waals surface area contributed by atoms with Gasteiger partial charge in [-0.3, -0.25) is 4.79 Å². The molecule has 3 heteroatoms. The fourth-order valence-electron chi connectivity index (χ4n) is 2.47. The van der Waals surface area contributed by atoms with Crippen molar-refractivity contribution in [1.82, 2.24) is 5.32 Å². The fourth-order valence-corrected chi connectivity index (χ4v) is 2.47. The van der Waals surface area contributed by atoms with Gasteiger partial charge in [0.15, 0.2) is 0 Å². The second kappa shape index (κ2) is 7.97. The molecule has 3 aromatic rings. The molecule has 0 saturated carbocycles. The molecule has 1 N–H and O–H groups in total. The van der Waals surface area contributed by atoms with Gasteiger partial charge >= 0.3 is 0 Å². The summed E-state index contributed by atoms with van der Waals surface area (Å²) in [6, 6.07) is 27.2. The summed E-state index contributed by atoms with van der Waals surface area (Å²) in [5.74, 6) is 0.730. The van der Waals surface area contributed by atoms with Gasteiger partial charge in [0.1, 0.15) is 12.4 Å². The SMILES string of the molecule is O=C(NCCOc1ccccc1-c1ccccc1)c1ccccc1. The maximum absolute atomic E-state index is 12.0. The molecule has 0 radical (unpaired) electrons. The number of carbonyl (C=O) groups excluding carboxylic acids is 1. The Labute approximate surface area is 141 Å². The largest absolute Gasteiger partial charge is 0.491 e. The van der Waals surface area contributed by atoms with Gasteiger partial charge in [0.25, 0.3) is 5.91 Å². The van der Waals surface area contributed by atoms with Crippen LogP contribution in [0.25, 0.3) is 11.1 Å². The summed E-state index contributed by atoms with van der Waals surface area (Å²) in [6.07, 6.45) is 0. The molecule has 1 amide bonds. The number of rotatable bonds is 6. The van der Waals surface area contributed by atoms with Crippen LogP contribution in [-0.4, -0.2) is 19.1 Å². The number of para-hydroxylation sites is 1. The Balaban J connectivity index is 1.57. The highest BCUT2D eigenvalue weighted by atomic mass is 16.5. The van der Waals surface area contributed by atoms with Gasteiger partial charge in [-0.2, -0.15) is 0 Å². The van der Waals surface area contributed by atoms with Gasteiger partial charge < -0.3 is 10.1 Å². The highest BCUT2D eigenvalue weighted by Crippen LogP contribution is 2.29. The number of hydrogen-bond acceptors (Lipinski definition) is 2. The minimum Gasteiger partial charge on any atom is -0.491 e. The molecule has 0 fully saturated rings. The Kier molecular flexibility index (Phi) is 5.25. The van der Waals surface area contributed by atoms with E-state index in [0.717, 1.165) is 16.9 Å². The molecule has 0 aliphatic carbocycles. The number of amides is 1. The monoisotopic (exact) mass is 317 g/mol. The van der Waals surface area contributed by atoms with E-state index in [1.165, 1.54) is 0 Å². The van der Waals surface area contributed by atoms with Crippen LogP contribution in [0.2, 0.25) is 0 Å². The van der Waals surface area contributed by atoms with E-state index in [1.54, 1.807) is 12.1 Å². The predicted octanol–water partition coefficient (Wildman–Crippen LogP) is 4.16. The second-order valence-electron chi connectivity index (χ2n) is 5.33. The van der Waals surface area contributed by atoms with Crippen LogP contribution in [-0.2, 0) is 0 Å². The Morgan fingerprint density at radius 3 is 2.17 bits per heavy atom. The molecule has 0 saturated heterocycles. The number of benzene rings is 3. The third-order valence-corrected chi connectivity index (χ3v) is 3.65. The van der Waals surface area contributed by atoms with Crippen LogP contribution < -0.4 is 10.1 Å². The maximum Gasteiger partial charge on any atom is 0.251 e. The summed E-state index contributed by atoms with van der Waals surface area (Å²) in [4.78, 5) is 12.0. The molecule has 0 spiro atoms. The summed E-state index contributed by atoms with van der Waals surface area (Å²) >= 11 is 0. The fraction of sp³-hybridized carbons (Fsp3) is 0.0952. The number of ether oxygens (including phenoxy) is 1. The average molecular weight is 317 g/mol. The van der Waals surface area contributed by atoms with Crippen molar-refractivity contribution in [2.24, 2.45) is 0 Å². The van der Waals surface area contributed by atoms with Gasteiger partial charge in [-0.05, 0) is 23.8 Å². The zero-order valence-electron chi connectivity index (χ0n) is 13.3. The maximum atomic E-state index is 12.0. The van der Waals surface area contributed by atoms with Gasteiger partial charge in [-0.15, -0.1) is 0 Å². The van der Waals surface area contributed by atoms with Crippen molar-refractivity contribution in [2.75, 3.05) is 13.2 Å². The third kappa shape index (κ3) is 4.02. The van der Waals surface area contributed by atoms with Crippen molar-refractivity contribution in [2.45, 2.75) is 0 Å². The van der Waals surface area contributed by atoms with Crippen LogP contribution in [0, 0.1) is 0 Å². The molecule has 0 aliphatic rings. The van der Waals surface area contributed by atoms with Crippen LogP contribution >= 0.6 is 0 Å². The minimum atomic E-state index is -0.0875. The Morgan fingerprint density at radius 2 is 1.42 bits per heavy atom. The number of nitrogens with one attached hydrogen (secondary N) is 1. The molecular formula is C21H19NO2. The van der Waals surface area contributed by atoms with Gasteiger partial charge in [0.2, 0.25) is 0 Å². The van der Waals surface area contributed by atoms with Gasteiger partial charge in [-0.25, -0.2) is 0 Å². The van der Waals surface area contributed by atoms with Crippen LogP contribution in [0.3, 0.4) is 0 Å². The van der Waals surface area contributed by atoms with E-state index in [-0.39, 0.29) is 5.91 Å². The van der Waals surface area contributed by atoms with Crippen LogP contribution in [0.1, 0.15) is 10.4 Å². The molecule has 0 bridgehead atoms. The molecule has 0 aliphatic heterocycles. The van der Waals surface area contributed by atoms with E-state index in [1.807, 2.05) is 60.7 Å². The van der Waals surface area contributed by atoms with Crippen molar-refractivity contribution < 1.29 is 9.53 Å². The van der Waals surface area contributed by atoms with Gasteiger partial charge in [0, 0.05) is 11.1 Å². The summed E-state index contributed by atoms with van der Waals surface area (Å²) in [7, 11) is 0. The third-order valence-electron chi connectivity index (χ3n) is 3.65. The number of carbonyl (C=O) groups is 1. The molecule has 0 atom stereocenters. The van der Waals surface area contributed by atoms with Crippen molar-refractivity contribution in [3.05, 3.63) is 90.5 Å². The van der Waals surface area contributed by atoms with Gasteiger partial charge in [0.05, 0.1) is 6.54 Å². The van der Waals surface area contributed by atoms with Crippen molar-refractivity contribution >= 4 is 5.91 Å². The first-order chi connectivity index (χ1) is 11.8. The lowest BCUT2D eigenvalue weighted by Crippen LogP contribution is -2.28.